The molecule has 1 aromatic carbocycles. The number of esters is 1. The van der Waals surface area contributed by atoms with Gasteiger partial charge in [0.25, 0.3) is 5.56 Å². The minimum atomic E-state index is -0.636. The van der Waals surface area contributed by atoms with E-state index in [-0.39, 0.29) is 10.6 Å². The Balaban J connectivity index is 2.74. The first-order chi connectivity index (χ1) is 9.45. The molecule has 0 atom stereocenters. The van der Waals surface area contributed by atoms with Gasteiger partial charge < -0.3 is 4.74 Å². The Morgan fingerprint density at radius 3 is 2.45 bits per heavy atom. The molecule has 1 aromatic heterocycles. The number of methoxy groups -OCH3 is 1. The zero-order chi connectivity index (χ0) is 14.9. The Morgan fingerprint density at radius 1 is 1.30 bits per heavy atom. The first-order valence-electron chi connectivity index (χ1n) is 5.72. The molecular weight excluding hydrogens is 285 g/mol. The zero-order valence-corrected chi connectivity index (χ0v) is 11.6. The van der Waals surface area contributed by atoms with Gasteiger partial charge in [-0.1, -0.05) is 11.6 Å². The van der Waals surface area contributed by atoms with Crippen molar-refractivity contribution in [1.29, 1.82) is 0 Å². The van der Waals surface area contributed by atoms with E-state index in [1.807, 2.05) is 0 Å². The number of benzene rings is 1. The first kappa shape index (κ1) is 14.3. The predicted octanol–water partition coefficient (Wildman–Crippen LogP) is 2.73. The lowest BCUT2D eigenvalue weighted by atomic mass is 10.2. The molecule has 0 amide bonds. The van der Waals surface area contributed by atoms with Crippen molar-refractivity contribution < 1.29 is 13.9 Å². The highest BCUT2D eigenvalue weighted by atomic mass is 35.5. The standard InChI is InChI=1S/C14H11ClFNO3/c1-8-13(14(19)20-2)11(15)7-12(18)17(8)10-5-3-9(16)4-6-10/h3-7H,1-2H3. The summed E-state index contributed by atoms with van der Waals surface area (Å²) in [7, 11) is 1.23. The maximum atomic E-state index is 12.9. The summed E-state index contributed by atoms with van der Waals surface area (Å²) in [6, 6.07) is 6.48. The average molecular weight is 296 g/mol. The topological polar surface area (TPSA) is 48.3 Å². The Kier molecular flexibility index (Phi) is 3.90. The van der Waals surface area contributed by atoms with Crippen molar-refractivity contribution in [3.63, 3.8) is 0 Å². The lowest BCUT2D eigenvalue weighted by molar-refractivity contribution is 0.0599. The predicted molar refractivity (Wildman–Crippen MR) is 73.1 cm³/mol. The summed E-state index contributed by atoms with van der Waals surface area (Å²) in [5.41, 5.74) is 0.474. The fourth-order valence-corrected chi connectivity index (χ4v) is 2.26. The summed E-state index contributed by atoms with van der Waals surface area (Å²) in [5, 5.41) is 0.0257. The third-order valence-corrected chi connectivity index (χ3v) is 3.18. The number of hydrogen-bond donors (Lipinski definition) is 0. The van der Waals surface area contributed by atoms with Gasteiger partial charge in [0.2, 0.25) is 0 Å². The molecule has 4 nitrogen and oxygen atoms in total. The van der Waals surface area contributed by atoms with Crippen LogP contribution >= 0.6 is 11.6 Å². The number of aromatic nitrogens is 1. The van der Waals surface area contributed by atoms with E-state index in [0.29, 0.717) is 11.4 Å². The van der Waals surface area contributed by atoms with Crippen molar-refractivity contribution in [1.82, 2.24) is 4.57 Å². The van der Waals surface area contributed by atoms with Crippen molar-refractivity contribution in [2.24, 2.45) is 0 Å². The quantitative estimate of drug-likeness (QED) is 0.800. The minimum Gasteiger partial charge on any atom is -0.465 e. The lowest BCUT2D eigenvalue weighted by Crippen LogP contribution is -2.23. The maximum Gasteiger partial charge on any atom is 0.341 e. The van der Waals surface area contributed by atoms with Gasteiger partial charge >= 0.3 is 5.97 Å². The summed E-state index contributed by atoms with van der Waals surface area (Å²) in [6.45, 7) is 1.57. The van der Waals surface area contributed by atoms with Crippen LogP contribution in [-0.2, 0) is 4.74 Å². The Hall–Kier alpha value is -2.14. The van der Waals surface area contributed by atoms with Crippen LogP contribution in [0.1, 0.15) is 16.1 Å². The van der Waals surface area contributed by atoms with Crippen LogP contribution in [-0.4, -0.2) is 17.6 Å². The van der Waals surface area contributed by atoms with Gasteiger partial charge in [-0.3, -0.25) is 9.36 Å². The number of ether oxygens (including phenoxy) is 1. The van der Waals surface area contributed by atoms with Gasteiger partial charge in [-0.15, -0.1) is 0 Å². The molecule has 6 heteroatoms. The van der Waals surface area contributed by atoms with Gasteiger partial charge in [-0.25, -0.2) is 9.18 Å². The third-order valence-electron chi connectivity index (χ3n) is 2.88. The summed E-state index contributed by atoms with van der Waals surface area (Å²) in [6.07, 6.45) is 0. The Morgan fingerprint density at radius 2 is 1.90 bits per heavy atom. The zero-order valence-electron chi connectivity index (χ0n) is 10.8. The van der Waals surface area contributed by atoms with Crippen molar-refractivity contribution in [3.8, 4) is 5.69 Å². The number of carbonyl (C=O) groups is 1. The molecule has 0 N–H and O–H groups in total. The number of rotatable bonds is 2. The molecule has 0 saturated heterocycles. The molecule has 0 aliphatic carbocycles. The monoisotopic (exact) mass is 295 g/mol. The molecule has 0 aliphatic rings. The number of carbonyl (C=O) groups excluding carboxylic acids is 1. The van der Waals surface area contributed by atoms with E-state index in [4.69, 9.17) is 11.6 Å². The minimum absolute atomic E-state index is 0.0257. The fourth-order valence-electron chi connectivity index (χ4n) is 1.95. The Bertz CT molecular complexity index is 722. The van der Waals surface area contributed by atoms with Crippen LogP contribution in [0.3, 0.4) is 0 Å². The van der Waals surface area contributed by atoms with Crippen LogP contribution in [0.5, 0.6) is 0 Å². The second-order valence-electron chi connectivity index (χ2n) is 4.09. The van der Waals surface area contributed by atoms with Crippen LogP contribution < -0.4 is 5.56 Å². The van der Waals surface area contributed by atoms with E-state index < -0.39 is 17.3 Å². The van der Waals surface area contributed by atoms with Gasteiger partial charge in [0.1, 0.15) is 5.82 Å². The highest BCUT2D eigenvalue weighted by Crippen LogP contribution is 2.21. The highest BCUT2D eigenvalue weighted by Gasteiger charge is 2.19. The molecule has 20 heavy (non-hydrogen) atoms. The van der Waals surface area contributed by atoms with Gasteiger partial charge in [0, 0.05) is 17.4 Å². The average Bonchev–Trinajstić information content (AvgIpc) is 2.40. The molecule has 0 radical (unpaired) electrons. The summed E-state index contributed by atoms with van der Waals surface area (Å²) in [5.74, 6) is -1.05. The van der Waals surface area contributed by atoms with Crippen LogP contribution in [0.2, 0.25) is 5.02 Å². The molecule has 1 heterocycles. The molecule has 2 aromatic rings. The maximum absolute atomic E-state index is 12.9. The first-order valence-corrected chi connectivity index (χ1v) is 6.10. The largest absolute Gasteiger partial charge is 0.465 e. The van der Waals surface area contributed by atoms with E-state index in [0.717, 1.165) is 6.07 Å². The third kappa shape index (κ3) is 2.44. The highest BCUT2D eigenvalue weighted by molar-refractivity contribution is 6.33. The molecule has 104 valence electrons. The SMILES string of the molecule is COC(=O)c1c(Cl)cc(=O)n(-c2ccc(F)cc2)c1C. The number of halogens is 2. The summed E-state index contributed by atoms with van der Waals surface area (Å²) in [4.78, 5) is 23.8. The number of pyridine rings is 1. The molecule has 0 fully saturated rings. The Labute approximate surface area is 119 Å². The van der Waals surface area contributed by atoms with E-state index in [9.17, 15) is 14.0 Å². The molecule has 0 spiro atoms. The molecule has 0 saturated carbocycles. The van der Waals surface area contributed by atoms with Gasteiger partial charge in [0.05, 0.1) is 17.7 Å². The van der Waals surface area contributed by atoms with E-state index in [1.165, 1.54) is 35.9 Å². The van der Waals surface area contributed by atoms with Crippen molar-refractivity contribution in [3.05, 3.63) is 62.8 Å². The number of hydrogen-bond acceptors (Lipinski definition) is 3. The lowest BCUT2D eigenvalue weighted by Gasteiger charge is -2.14. The molecular formula is C14H11ClFNO3. The molecule has 0 unspecified atom stereocenters. The van der Waals surface area contributed by atoms with Gasteiger partial charge in [0.15, 0.2) is 0 Å². The van der Waals surface area contributed by atoms with Crippen LogP contribution in [0, 0.1) is 12.7 Å². The van der Waals surface area contributed by atoms with Crippen LogP contribution in [0.15, 0.2) is 35.1 Å². The van der Waals surface area contributed by atoms with E-state index in [2.05, 4.69) is 4.74 Å². The second kappa shape index (κ2) is 5.46. The van der Waals surface area contributed by atoms with Crippen molar-refractivity contribution in [2.45, 2.75) is 6.92 Å². The van der Waals surface area contributed by atoms with Crippen molar-refractivity contribution in [2.75, 3.05) is 7.11 Å². The van der Waals surface area contributed by atoms with E-state index >= 15 is 0 Å². The normalized spacial score (nSPS) is 10.4. The van der Waals surface area contributed by atoms with Gasteiger partial charge in [-0.05, 0) is 31.2 Å². The van der Waals surface area contributed by atoms with Gasteiger partial charge in [-0.2, -0.15) is 0 Å². The molecule has 0 aliphatic heterocycles. The van der Waals surface area contributed by atoms with Crippen LogP contribution in [0.25, 0.3) is 5.69 Å². The molecule has 2 rings (SSSR count). The number of nitrogens with zero attached hydrogens (tertiary/aromatic N) is 1. The fraction of sp³-hybridized carbons (Fsp3) is 0.143. The molecule has 0 bridgehead atoms. The van der Waals surface area contributed by atoms with E-state index in [1.54, 1.807) is 6.92 Å². The summed E-state index contributed by atoms with van der Waals surface area (Å²) < 4.78 is 18.9. The smallest absolute Gasteiger partial charge is 0.341 e. The van der Waals surface area contributed by atoms with Crippen molar-refractivity contribution >= 4 is 17.6 Å². The second-order valence-corrected chi connectivity index (χ2v) is 4.50. The summed E-state index contributed by atoms with van der Waals surface area (Å²) >= 11 is 5.92. The van der Waals surface area contributed by atoms with Crippen LogP contribution in [0.4, 0.5) is 4.39 Å².